The van der Waals surface area contributed by atoms with Gasteiger partial charge < -0.3 is 0 Å². The molecule has 0 heterocycles. The van der Waals surface area contributed by atoms with E-state index in [-0.39, 0.29) is 0 Å². The number of hydrogen-bond donors (Lipinski definition) is 0. The second kappa shape index (κ2) is 5.70. The van der Waals surface area contributed by atoms with E-state index in [0.717, 1.165) is 23.7 Å². The summed E-state index contributed by atoms with van der Waals surface area (Å²) in [7, 11) is 0. The molecule has 2 aliphatic rings. The van der Waals surface area contributed by atoms with Crippen molar-refractivity contribution in [3.63, 3.8) is 0 Å². The lowest BCUT2D eigenvalue weighted by Crippen LogP contribution is -2.11. The summed E-state index contributed by atoms with van der Waals surface area (Å²) in [6.45, 7) is 4.71. The van der Waals surface area contributed by atoms with Crippen molar-refractivity contribution in [2.75, 3.05) is 0 Å². The van der Waals surface area contributed by atoms with Crippen LogP contribution in [0.1, 0.15) is 52.4 Å². The molecule has 0 saturated heterocycles. The van der Waals surface area contributed by atoms with E-state index >= 15 is 0 Å². The zero-order valence-corrected chi connectivity index (χ0v) is 10.9. The van der Waals surface area contributed by atoms with Crippen LogP contribution in [0.2, 0.25) is 0 Å². The highest BCUT2D eigenvalue weighted by atomic mass is 14.2. The van der Waals surface area contributed by atoms with Gasteiger partial charge in [-0.2, -0.15) is 0 Å². The Balaban J connectivity index is 1.78. The molecular formula is C16H26. The molecule has 0 nitrogen and oxygen atoms in total. The van der Waals surface area contributed by atoms with Gasteiger partial charge in [0.15, 0.2) is 0 Å². The predicted molar refractivity (Wildman–Crippen MR) is 71.3 cm³/mol. The molecule has 0 aromatic heterocycles. The molecule has 0 N–H and O–H groups in total. The highest BCUT2D eigenvalue weighted by Gasteiger charge is 2.16. The van der Waals surface area contributed by atoms with Crippen molar-refractivity contribution < 1.29 is 0 Å². The molecule has 2 unspecified atom stereocenters. The van der Waals surface area contributed by atoms with Gasteiger partial charge in [-0.3, -0.25) is 0 Å². The van der Waals surface area contributed by atoms with Gasteiger partial charge in [0.2, 0.25) is 0 Å². The molecule has 0 amide bonds. The molecule has 0 aliphatic heterocycles. The predicted octanol–water partition coefficient (Wildman–Crippen LogP) is 4.97. The zero-order valence-electron chi connectivity index (χ0n) is 10.9. The largest absolute Gasteiger partial charge is 0.0851 e. The molecule has 16 heavy (non-hydrogen) atoms. The van der Waals surface area contributed by atoms with Gasteiger partial charge in [0.25, 0.3) is 0 Å². The third-order valence-electron chi connectivity index (χ3n) is 4.33. The summed E-state index contributed by atoms with van der Waals surface area (Å²) in [6.07, 6.45) is 18.2. The highest BCUT2D eigenvalue weighted by molar-refractivity contribution is 5.06. The fourth-order valence-corrected chi connectivity index (χ4v) is 2.92. The van der Waals surface area contributed by atoms with Crippen LogP contribution in [0.5, 0.6) is 0 Å². The van der Waals surface area contributed by atoms with Crippen LogP contribution in [0.15, 0.2) is 24.3 Å². The van der Waals surface area contributed by atoms with Gasteiger partial charge in [0, 0.05) is 0 Å². The summed E-state index contributed by atoms with van der Waals surface area (Å²) < 4.78 is 0. The summed E-state index contributed by atoms with van der Waals surface area (Å²) >= 11 is 0. The van der Waals surface area contributed by atoms with Crippen LogP contribution >= 0.6 is 0 Å². The van der Waals surface area contributed by atoms with Crippen LogP contribution in [0.4, 0.5) is 0 Å². The van der Waals surface area contributed by atoms with Gasteiger partial charge in [0.05, 0.1) is 0 Å². The first kappa shape index (κ1) is 12.0. The van der Waals surface area contributed by atoms with E-state index in [4.69, 9.17) is 0 Å². The lowest BCUT2D eigenvalue weighted by Gasteiger charge is -2.24. The third-order valence-corrected chi connectivity index (χ3v) is 4.33. The first-order chi connectivity index (χ1) is 7.74. The SMILES string of the molecule is CC1C=CC(/C=C/C2CCC(C)CC2)CC1. The summed E-state index contributed by atoms with van der Waals surface area (Å²) in [5.74, 6) is 3.39. The van der Waals surface area contributed by atoms with Gasteiger partial charge in [-0.15, -0.1) is 0 Å². The maximum atomic E-state index is 2.51. The molecule has 0 radical (unpaired) electrons. The van der Waals surface area contributed by atoms with Crippen LogP contribution < -0.4 is 0 Å². The Labute approximate surface area is 101 Å². The molecule has 0 spiro atoms. The fourth-order valence-electron chi connectivity index (χ4n) is 2.92. The smallest absolute Gasteiger partial charge is 0.00531 e. The Morgan fingerprint density at radius 3 is 2.19 bits per heavy atom. The van der Waals surface area contributed by atoms with Crippen molar-refractivity contribution in [3.05, 3.63) is 24.3 Å². The third kappa shape index (κ3) is 3.50. The minimum Gasteiger partial charge on any atom is -0.0851 e. The topological polar surface area (TPSA) is 0 Å². The van der Waals surface area contributed by atoms with Gasteiger partial charge >= 0.3 is 0 Å². The van der Waals surface area contributed by atoms with Crippen molar-refractivity contribution in [1.82, 2.24) is 0 Å². The van der Waals surface area contributed by atoms with Crippen molar-refractivity contribution in [2.24, 2.45) is 23.7 Å². The maximum Gasteiger partial charge on any atom is -0.00531 e. The monoisotopic (exact) mass is 218 g/mol. The number of allylic oxidation sites excluding steroid dienone is 4. The molecule has 1 fully saturated rings. The molecule has 0 aromatic carbocycles. The summed E-state index contributed by atoms with van der Waals surface area (Å²) in [4.78, 5) is 0. The second-order valence-corrected chi connectivity index (χ2v) is 6.01. The minimum absolute atomic E-state index is 0.732. The van der Waals surface area contributed by atoms with E-state index in [1.54, 1.807) is 0 Å². The van der Waals surface area contributed by atoms with Crippen molar-refractivity contribution >= 4 is 0 Å². The van der Waals surface area contributed by atoms with E-state index in [1.165, 1.54) is 38.5 Å². The Hall–Kier alpha value is -0.520. The Morgan fingerprint density at radius 1 is 0.812 bits per heavy atom. The van der Waals surface area contributed by atoms with Gasteiger partial charge in [-0.05, 0) is 49.4 Å². The van der Waals surface area contributed by atoms with E-state index < -0.39 is 0 Å². The van der Waals surface area contributed by atoms with Crippen LogP contribution in [0.3, 0.4) is 0 Å². The molecule has 2 rings (SSSR count). The van der Waals surface area contributed by atoms with E-state index in [0.29, 0.717) is 0 Å². The lowest BCUT2D eigenvalue weighted by atomic mass is 9.82. The summed E-state index contributed by atoms with van der Waals surface area (Å²) in [6, 6.07) is 0. The molecular weight excluding hydrogens is 192 g/mol. The number of rotatable bonds is 2. The normalized spacial score (nSPS) is 40.4. The molecule has 0 heteroatoms. The Morgan fingerprint density at radius 2 is 1.56 bits per heavy atom. The zero-order chi connectivity index (χ0) is 11.4. The quantitative estimate of drug-likeness (QED) is 0.574. The second-order valence-electron chi connectivity index (χ2n) is 6.01. The van der Waals surface area contributed by atoms with E-state index in [9.17, 15) is 0 Å². The van der Waals surface area contributed by atoms with Crippen molar-refractivity contribution in [2.45, 2.75) is 52.4 Å². The molecule has 90 valence electrons. The van der Waals surface area contributed by atoms with Crippen LogP contribution in [-0.2, 0) is 0 Å². The first-order valence-corrected chi connectivity index (χ1v) is 7.10. The molecule has 2 atom stereocenters. The summed E-state index contributed by atoms with van der Waals surface area (Å²) in [5, 5.41) is 0. The maximum absolute atomic E-state index is 2.51. The minimum atomic E-state index is 0.732. The molecule has 2 aliphatic carbocycles. The lowest BCUT2D eigenvalue weighted by molar-refractivity contribution is 0.329. The number of hydrogen-bond acceptors (Lipinski definition) is 0. The fraction of sp³-hybridized carbons (Fsp3) is 0.750. The standard InChI is InChI=1S/C16H26/c1-13-3-7-15(8-4-13)11-12-16-9-5-14(2)6-10-16/h3,7,11-16H,4-6,8-10H2,1-2H3/b12-11+. The molecule has 0 aromatic rings. The van der Waals surface area contributed by atoms with Crippen LogP contribution in [0, 0.1) is 23.7 Å². The Bertz CT molecular complexity index is 253. The van der Waals surface area contributed by atoms with Crippen molar-refractivity contribution in [1.29, 1.82) is 0 Å². The van der Waals surface area contributed by atoms with Gasteiger partial charge in [0.1, 0.15) is 0 Å². The van der Waals surface area contributed by atoms with Crippen molar-refractivity contribution in [3.8, 4) is 0 Å². The van der Waals surface area contributed by atoms with Gasteiger partial charge in [-0.25, -0.2) is 0 Å². The van der Waals surface area contributed by atoms with Crippen LogP contribution in [-0.4, -0.2) is 0 Å². The average molecular weight is 218 g/mol. The van der Waals surface area contributed by atoms with Crippen LogP contribution in [0.25, 0.3) is 0 Å². The van der Waals surface area contributed by atoms with E-state index in [1.807, 2.05) is 0 Å². The molecule has 0 bridgehead atoms. The average Bonchev–Trinajstić information content (AvgIpc) is 2.30. The first-order valence-electron chi connectivity index (χ1n) is 7.10. The highest BCUT2D eigenvalue weighted by Crippen LogP contribution is 2.30. The van der Waals surface area contributed by atoms with E-state index in [2.05, 4.69) is 38.2 Å². The van der Waals surface area contributed by atoms with Gasteiger partial charge in [-0.1, -0.05) is 51.0 Å². The molecule has 1 saturated carbocycles. The summed E-state index contributed by atoms with van der Waals surface area (Å²) in [5.41, 5.74) is 0. The Kier molecular flexibility index (Phi) is 4.26.